The van der Waals surface area contributed by atoms with Crippen LogP contribution >= 0.6 is 15.9 Å². The molecule has 1 amide bonds. The number of nitrogens with zero attached hydrogens (tertiary/aromatic N) is 3. The van der Waals surface area contributed by atoms with Gasteiger partial charge < -0.3 is 15.1 Å². The summed E-state index contributed by atoms with van der Waals surface area (Å²) in [6.07, 6.45) is 1.80. The van der Waals surface area contributed by atoms with Gasteiger partial charge in [0, 0.05) is 42.5 Å². The van der Waals surface area contributed by atoms with Gasteiger partial charge in [0.2, 0.25) is 5.91 Å². The average molecular weight is 375 g/mol. The number of aromatic nitrogens is 1. The van der Waals surface area contributed by atoms with Crippen LogP contribution in [-0.4, -0.2) is 48.5 Å². The van der Waals surface area contributed by atoms with Crippen molar-refractivity contribution in [1.29, 1.82) is 0 Å². The molecule has 3 rings (SSSR count). The number of halogens is 1. The molecule has 5 nitrogen and oxygen atoms in total. The van der Waals surface area contributed by atoms with E-state index in [1.165, 1.54) is 0 Å². The Hall–Kier alpha value is -2.08. The Kier molecular flexibility index (Phi) is 5.12. The first-order valence-electron chi connectivity index (χ1n) is 7.65. The van der Waals surface area contributed by atoms with Crippen molar-refractivity contribution < 1.29 is 4.79 Å². The fourth-order valence-electron chi connectivity index (χ4n) is 2.59. The topological polar surface area (TPSA) is 48.5 Å². The molecule has 1 aromatic carbocycles. The van der Waals surface area contributed by atoms with E-state index in [4.69, 9.17) is 0 Å². The van der Waals surface area contributed by atoms with Crippen molar-refractivity contribution in [2.45, 2.75) is 0 Å². The van der Waals surface area contributed by atoms with E-state index in [9.17, 15) is 4.79 Å². The molecule has 0 unspecified atom stereocenters. The molecule has 0 bridgehead atoms. The molecule has 0 saturated carbocycles. The summed E-state index contributed by atoms with van der Waals surface area (Å²) in [5.74, 6) is 1.10. The summed E-state index contributed by atoms with van der Waals surface area (Å²) in [7, 11) is 0. The SMILES string of the molecule is O=C(CNc1ccccc1)N1CCN(c2ccc(Br)cn2)CC1. The number of carbonyl (C=O) groups is 1. The standard InChI is InChI=1S/C17H19BrN4O/c18-14-6-7-16(20-12-14)21-8-10-22(11-9-21)17(23)13-19-15-4-2-1-3-5-15/h1-7,12,19H,8-11,13H2. The van der Waals surface area contributed by atoms with Crippen LogP contribution in [-0.2, 0) is 4.79 Å². The van der Waals surface area contributed by atoms with Gasteiger partial charge in [-0.2, -0.15) is 0 Å². The summed E-state index contributed by atoms with van der Waals surface area (Å²) in [6.45, 7) is 3.41. The number of hydrogen-bond donors (Lipinski definition) is 1. The third kappa shape index (κ3) is 4.22. The summed E-state index contributed by atoms with van der Waals surface area (Å²) in [5, 5.41) is 3.17. The highest BCUT2D eigenvalue weighted by molar-refractivity contribution is 9.10. The van der Waals surface area contributed by atoms with E-state index in [1.807, 2.05) is 47.4 Å². The number of hydrogen-bond acceptors (Lipinski definition) is 4. The number of amides is 1. The molecule has 6 heteroatoms. The van der Waals surface area contributed by atoms with Gasteiger partial charge in [0.05, 0.1) is 6.54 Å². The largest absolute Gasteiger partial charge is 0.376 e. The fourth-order valence-corrected chi connectivity index (χ4v) is 2.82. The van der Waals surface area contributed by atoms with Crippen molar-refractivity contribution in [1.82, 2.24) is 9.88 Å². The zero-order chi connectivity index (χ0) is 16.1. The van der Waals surface area contributed by atoms with E-state index in [0.29, 0.717) is 6.54 Å². The van der Waals surface area contributed by atoms with Crippen molar-refractivity contribution in [2.24, 2.45) is 0 Å². The van der Waals surface area contributed by atoms with Crippen molar-refractivity contribution in [3.8, 4) is 0 Å². The molecule has 1 saturated heterocycles. The van der Waals surface area contributed by atoms with Crippen LogP contribution in [0, 0.1) is 0 Å². The first kappa shape index (κ1) is 15.8. The number of nitrogens with one attached hydrogen (secondary N) is 1. The molecule has 23 heavy (non-hydrogen) atoms. The minimum Gasteiger partial charge on any atom is -0.376 e. The van der Waals surface area contributed by atoms with Gasteiger partial charge in [0.15, 0.2) is 0 Å². The highest BCUT2D eigenvalue weighted by atomic mass is 79.9. The first-order chi connectivity index (χ1) is 11.2. The third-order valence-electron chi connectivity index (χ3n) is 3.89. The summed E-state index contributed by atoms with van der Waals surface area (Å²) in [4.78, 5) is 20.8. The van der Waals surface area contributed by atoms with Gasteiger partial charge in [-0.05, 0) is 40.2 Å². The van der Waals surface area contributed by atoms with Crippen LogP contribution in [0.2, 0.25) is 0 Å². The van der Waals surface area contributed by atoms with Crippen LogP contribution in [0.3, 0.4) is 0 Å². The summed E-state index contributed by atoms with van der Waals surface area (Å²) >= 11 is 3.39. The third-order valence-corrected chi connectivity index (χ3v) is 4.35. The van der Waals surface area contributed by atoms with Crippen LogP contribution in [0.1, 0.15) is 0 Å². The summed E-state index contributed by atoms with van der Waals surface area (Å²) in [5.41, 5.74) is 0.971. The molecule has 0 radical (unpaired) electrons. The number of anilines is 2. The fraction of sp³-hybridized carbons (Fsp3) is 0.294. The minimum atomic E-state index is 0.136. The predicted molar refractivity (Wildman–Crippen MR) is 95.7 cm³/mol. The van der Waals surface area contributed by atoms with Gasteiger partial charge in [-0.25, -0.2) is 4.98 Å². The minimum absolute atomic E-state index is 0.136. The molecule has 2 aromatic rings. The molecule has 2 heterocycles. The molecular formula is C17H19BrN4O. The van der Waals surface area contributed by atoms with Crippen molar-refractivity contribution in [3.63, 3.8) is 0 Å². The van der Waals surface area contributed by atoms with Crippen LogP contribution in [0.15, 0.2) is 53.1 Å². The summed E-state index contributed by atoms with van der Waals surface area (Å²) in [6, 6.07) is 13.8. The highest BCUT2D eigenvalue weighted by Gasteiger charge is 2.21. The number of rotatable bonds is 4. The van der Waals surface area contributed by atoms with Crippen molar-refractivity contribution >= 4 is 33.3 Å². The van der Waals surface area contributed by atoms with Crippen LogP contribution in [0.5, 0.6) is 0 Å². The second kappa shape index (κ2) is 7.46. The van der Waals surface area contributed by atoms with Gasteiger partial charge >= 0.3 is 0 Å². The zero-order valence-electron chi connectivity index (χ0n) is 12.8. The lowest BCUT2D eigenvalue weighted by Crippen LogP contribution is -2.50. The van der Waals surface area contributed by atoms with Gasteiger partial charge in [0.25, 0.3) is 0 Å². The molecule has 0 spiro atoms. The number of pyridine rings is 1. The Balaban J connectivity index is 1.48. The van der Waals surface area contributed by atoms with Gasteiger partial charge in [-0.1, -0.05) is 18.2 Å². The lowest BCUT2D eigenvalue weighted by Gasteiger charge is -2.35. The quantitative estimate of drug-likeness (QED) is 0.893. The maximum Gasteiger partial charge on any atom is 0.241 e. The molecule has 1 aliphatic heterocycles. The molecule has 120 valence electrons. The van der Waals surface area contributed by atoms with E-state index in [2.05, 4.69) is 31.1 Å². The molecule has 1 fully saturated rings. The Labute approximate surface area is 144 Å². The monoisotopic (exact) mass is 374 g/mol. The van der Waals surface area contributed by atoms with E-state index in [1.54, 1.807) is 6.20 Å². The zero-order valence-corrected chi connectivity index (χ0v) is 14.4. The Morgan fingerprint density at radius 1 is 1.09 bits per heavy atom. The number of piperazine rings is 1. The molecule has 0 atom stereocenters. The van der Waals surface area contributed by atoms with E-state index in [0.717, 1.165) is 42.2 Å². The Morgan fingerprint density at radius 2 is 1.83 bits per heavy atom. The van der Waals surface area contributed by atoms with Gasteiger partial charge in [0.1, 0.15) is 5.82 Å². The van der Waals surface area contributed by atoms with Crippen molar-refractivity contribution in [2.75, 3.05) is 42.9 Å². The predicted octanol–water partition coefficient (Wildman–Crippen LogP) is 2.60. The average Bonchev–Trinajstić information content (AvgIpc) is 2.61. The second-order valence-electron chi connectivity index (χ2n) is 5.42. The highest BCUT2D eigenvalue weighted by Crippen LogP contribution is 2.16. The first-order valence-corrected chi connectivity index (χ1v) is 8.45. The lowest BCUT2D eigenvalue weighted by molar-refractivity contribution is -0.129. The van der Waals surface area contributed by atoms with Crippen LogP contribution in [0.4, 0.5) is 11.5 Å². The van der Waals surface area contributed by atoms with Gasteiger partial charge in [-0.3, -0.25) is 4.79 Å². The summed E-state index contributed by atoms with van der Waals surface area (Å²) < 4.78 is 0.974. The van der Waals surface area contributed by atoms with Crippen molar-refractivity contribution in [3.05, 3.63) is 53.1 Å². The molecular weight excluding hydrogens is 356 g/mol. The lowest BCUT2D eigenvalue weighted by atomic mass is 10.3. The smallest absolute Gasteiger partial charge is 0.241 e. The molecule has 1 aliphatic rings. The molecule has 1 N–H and O–H groups in total. The Morgan fingerprint density at radius 3 is 2.48 bits per heavy atom. The maximum atomic E-state index is 12.3. The molecule has 1 aromatic heterocycles. The normalized spacial score (nSPS) is 14.7. The van der Waals surface area contributed by atoms with E-state index >= 15 is 0 Å². The van der Waals surface area contributed by atoms with Crippen LogP contribution in [0.25, 0.3) is 0 Å². The Bertz CT molecular complexity index is 639. The molecule has 0 aliphatic carbocycles. The van der Waals surface area contributed by atoms with Crippen LogP contribution < -0.4 is 10.2 Å². The number of carbonyl (C=O) groups excluding carboxylic acids is 1. The number of para-hydroxylation sites is 1. The second-order valence-corrected chi connectivity index (χ2v) is 6.34. The number of benzene rings is 1. The van der Waals surface area contributed by atoms with E-state index in [-0.39, 0.29) is 5.91 Å². The van der Waals surface area contributed by atoms with E-state index < -0.39 is 0 Å². The maximum absolute atomic E-state index is 12.3. The van der Waals surface area contributed by atoms with Gasteiger partial charge in [-0.15, -0.1) is 0 Å².